The van der Waals surface area contributed by atoms with Crippen LogP contribution < -0.4 is 15.0 Å². The van der Waals surface area contributed by atoms with Crippen LogP contribution in [-0.2, 0) is 9.59 Å². The Morgan fingerprint density at radius 2 is 1.86 bits per heavy atom. The van der Waals surface area contributed by atoms with Gasteiger partial charge in [-0.1, -0.05) is 19.9 Å². The number of methoxy groups -OCH3 is 1. The van der Waals surface area contributed by atoms with E-state index in [4.69, 9.17) is 4.74 Å². The van der Waals surface area contributed by atoms with Gasteiger partial charge in [-0.2, -0.15) is 0 Å². The Hall–Kier alpha value is -2.04. The van der Waals surface area contributed by atoms with E-state index in [0.29, 0.717) is 24.3 Å². The molecule has 0 saturated carbocycles. The molecular formula is C16H20N2O3. The van der Waals surface area contributed by atoms with Crippen molar-refractivity contribution in [1.29, 1.82) is 0 Å². The first-order chi connectivity index (χ1) is 9.93. The maximum absolute atomic E-state index is 12.1. The van der Waals surface area contributed by atoms with Gasteiger partial charge >= 0.3 is 0 Å². The van der Waals surface area contributed by atoms with Crippen molar-refractivity contribution in [3.8, 4) is 5.75 Å². The van der Waals surface area contributed by atoms with E-state index in [1.807, 2.05) is 6.92 Å². The molecule has 0 spiro atoms. The monoisotopic (exact) mass is 288 g/mol. The zero-order valence-electron chi connectivity index (χ0n) is 12.8. The molecule has 1 aromatic carbocycles. The molecule has 2 aliphatic rings. The standard InChI is InChI=1S/C16H20N2O3/c1-8-5-12(19)17-14-10(8)7-11-9(2)6-13(20)18(3)15(11)16(14)21-4/h7-9H,5-6H2,1-4H3,(H,17,19). The average molecular weight is 288 g/mol. The number of nitrogens with one attached hydrogen (secondary N) is 1. The van der Waals surface area contributed by atoms with Crippen molar-refractivity contribution in [2.24, 2.45) is 0 Å². The Kier molecular flexibility index (Phi) is 3.15. The molecular weight excluding hydrogens is 268 g/mol. The summed E-state index contributed by atoms with van der Waals surface area (Å²) >= 11 is 0. The third kappa shape index (κ3) is 1.99. The molecule has 21 heavy (non-hydrogen) atoms. The fourth-order valence-electron chi connectivity index (χ4n) is 3.34. The van der Waals surface area contributed by atoms with Gasteiger partial charge in [0.15, 0.2) is 5.75 Å². The highest BCUT2D eigenvalue weighted by Gasteiger charge is 2.35. The Bertz CT molecular complexity index is 639. The van der Waals surface area contributed by atoms with Crippen molar-refractivity contribution in [2.45, 2.75) is 38.5 Å². The summed E-state index contributed by atoms with van der Waals surface area (Å²) in [5.41, 5.74) is 3.72. The normalized spacial score (nSPS) is 24.3. The molecule has 2 aliphatic heterocycles. The molecule has 1 N–H and O–H groups in total. The van der Waals surface area contributed by atoms with Gasteiger partial charge in [0.25, 0.3) is 0 Å². The SMILES string of the molecule is COc1c2c(cc3c1N(C)C(=O)CC3C)C(C)CC(=O)N2. The molecule has 112 valence electrons. The van der Waals surface area contributed by atoms with Crippen molar-refractivity contribution in [3.05, 3.63) is 17.2 Å². The number of carbonyl (C=O) groups excluding carboxylic acids is 2. The number of carbonyl (C=O) groups is 2. The summed E-state index contributed by atoms with van der Waals surface area (Å²) in [4.78, 5) is 25.6. The molecule has 5 nitrogen and oxygen atoms in total. The topological polar surface area (TPSA) is 58.6 Å². The number of fused-ring (bicyclic) bond motifs is 2. The first-order valence-electron chi connectivity index (χ1n) is 7.25. The van der Waals surface area contributed by atoms with Crippen LogP contribution in [0.25, 0.3) is 0 Å². The Morgan fingerprint density at radius 3 is 2.52 bits per heavy atom. The molecule has 0 fully saturated rings. The van der Waals surface area contributed by atoms with Crippen LogP contribution in [0.2, 0.25) is 0 Å². The van der Waals surface area contributed by atoms with E-state index in [9.17, 15) is 9.59 Å². The van der Waals surface area contributed by atoms with E-state index in [2.05, 4.69) is 18.3 Å². The van der Waals surface area contributed by atoms with Gasteiger partial charge in [0.1, 0.15) is 0 Å². The summed E-state index contributed by atoms with van der Waals surface area (Å²) in [6.07, 6.45) is 0.990. The van der Waals surface area contributed by atoms with Gasteiger partial charge in [0.05, 0.1) is 18.5 Å². The van der Waals surface area contributed by atoms with Gasteiger partial charge in [0.2, 0.25) is 11.8 Å². The summed E-state index contributed by atoms with van der Waals surface area (Å²) in [7, 11) is 3.34. The summed E-state index contributed by atoms with van der Waals surface area (Å²) in [6, 6.07) is 2.13. The third-order valence-electron chi connectivity index (χ3n) is 4.53. The number of benzene rings is 1. The Morgan fingerprint density at radius 1 is 1.19 bits per heavy atom. The van der Waals surface area contributed by atoms with Crippen LogP contribution in [0.3, 0.4) is 0 Å². The molecule has 0 aliphatic carbocycles. The second-order valence-corrected chi connectivity index (χ2v) is 6.02. The van der Waals surface area contributed by atoms with Gasteiger partial charge < -0.3 is 15.0 Å². The van der Waals surface area contributed by atoms with Crippen LogP contribution in [-0.4, -0.2) is 26.0 Å². The highest BCUT2D eigenvalue weighted by Crippen LogP contribution is 2.50. The smallest absolute Gasteiger partial charge is 0.227 e. The number of hydrogen-bond donors (Lipinski definition) is 1. The Balaban J connectivity index is 2.29. The van der Waals surface area contributed by atoms with E-state index < -0.39 is 0 Å². The van der Waals surface area contributed by atoms with Crippen LogP contribution >= 0.6 is 0 Å². The fourth-order valence-corrected chi connectivity index (χ4v) is 3.34. The van der Waals surface area contributed by atoms with Crippen molar-refractivity contribution in [1.82, 2.24) is 0 Å². The molecule has 2 atom stereocenters. The van der Waals surface area contributed by atoms with Crippen LogP contribution in [0.1, 0.15) is 49.7 Å². The summed E-state index contributed by atoms with van der Waals surface area (Å²) < 4.78 is 5.57. The lowest BCUT2D eigenvalue weighted by Gasteiger charge is -2.35. The third-order valence-corrected chi connectivity index (χ3v) is 4.53. The highest BCUT2D eigenvalue weighted by atomic mass is 16.5. The molecule has 0 saturated heterocycles. The number of anilines is 2. The zero-order chi connectivity index (χ0) is 15.3. The van der Waals surface area contributed by atoms with Gasteiger partial charge in [-0.3, -0.25) is 9.59 Å². The highest BCUT2D eigenvalue weighted by molar-refractivity contribution is 6.04. The summed E-state index contributed by atoms with van der Waals surface area (Å²) in [5.74, 6) is 0.982. The first kappa shape index (κ1) is 13.9. The number of ether oxygens (including phenoxy) is 1. The summed E-state index contributed by atoms with van der Waals surface area (Å²) in [5, 5.41) is 2.91. The van der Waals surface area contributed by atoms with E-state index in [1.165, 1.54) is 0 Å². The average Bonchev–Trinajstić information content (AvgIpc) is 2.43. The lowest BCUT2D eigenvalue weighted by molar-refractivity contribution is -0.119. The fraction of sp³-hybridized carbons (Fsp3) is 0.500. The largest absolute Gasteiger partial charge is 0.492 e. The van der Waals surface area contributed by atoms with Crippen molar-refractivity contribution >= 4 is 23.2 Å². The molecule has 2 unspecified atom stereocenters. The van der Waals surface area contributed by atoms with Gasteiger partial charge in [0, 0.05) is 19.9 Å². The van der Waals surface area contributed by atoms with Crippen molar-refractivity contribution < 1.29 is 14.3 Å². The van der Waals surface area contributed by atoms with Crippen LogP contribution in [0.5, 0.6) is 5.75 Å². The number of amides is 2. The predicted octanol–water partition coefficient (Wildman–Crippen LogP) is 2.61. The van der Waals surface area contributed by atoms with Crippen LogP contribution in [0.15, 0.2) is 6.07 Å². The molecule has 5 heteroatoms. The molecule has 2 heterocycles. The lowest BCUT2D eigenvalue weighted by atomic mass is 9.83. The molecule has 0 bridgehead atoms. The van der Waals surface area contributed by atoms with Crippen LogP contribution in [0, 0.1) is 0 Å². The number of nitrogens with zero attached hydrogens (tertiary/aromatic N) is 1. The van der Waals surface area contributed by atoms with Crippen molar-refractivity contribution in [3.63, 3.8) is 0 Å². The summed E-state index contributed by atoms with van der Waals surface area (Å²) in [6.45, 7) is 4.10. The minimum absolute atomic E-state index is 0.00825. The minimum Gasteiger partial charge on any atom is -0.492 e. The predicted molar refractivity (Wildman–Crippen MR) is 81.1 cm³/mol. The minimum atomic E-state index is -0.00825. The second kappa shape index (κ2) is 4.76. The zero-order valence-corrected chi connectivity index (χ0v) is 12.8. The number of hydrogen-bond acceptors (Lipinski definition) is 3. The van der Waals surface area contributed by atoms with Crippen LogP contribution in [0.4, 0.5) is 11.4 Å². The molecule has 2 amide bonds. The van der Waals surface area contributed by atoms with E-state index >= 15 is 0 Å². The maximum atomic E-state index is 12.1. The second-order valence-electron chi connectivity index (χ2n) is 6.02. The van der Waals surface area contributed by atoms with E-state index in [0.717, 1.165) is 16.8 Å². The lowest BCUT2D eigenvalue weighted by Crippen LogP contribution is -2.34. The molecule has 0 radical (unpaired) electrons. The number of rotatable bonds is 1. The Labute approximate surface area is 124 Å². The molecule has 1 aromatic rings. The van der Waals surface area contributed by atoms with Gasteiger partial charge in [-0.15, -0.1) is 0 Å². The first-order valence-corrected chi connectivity index (χ1v) is 7.25. The van der Waals surface area contributed by atoms with E-state index in [1.54, 1.807) is 19.1 Å². The van der Waals surface area contributed by atoms with Crippen molar-refractivity contribution in [2.75, 3.05) is 24.4 Å². The van der Waals surface area contributed by atoms with E-state index in [-0.39, 0.29) is 23.7 Å². The van der Waals surface area contributed by atoms with Gasteiger partial charge in [-0.25, -0.2) is 0 Å². The van der Waals surface area contributed by atoms with Gasteiger partial charge in [-0.05, 0) is 23.0 Å². The maximum Gasteiger partial charge on any atom is 0.227 e. The molecule has 3 rings (SSSR count). The quantitative estimate of drug-likeness (QED) is 0.864. The molecule has 0 aromatic heterocycles.